The number of hydrogen-bond donors (Lipinski definition) is 1. The molecule has 1 N–H and O–H groups in total. The fourth-order valence-corrected chi connectivity index (χ4v) is 6.25. The van der Waals surface area contributed by atoms with E-state index >= 15 is 0 Å². The third kappa shape index (κ3) is 8.04. The van der Waals surface area contributed by atoms with Crippen LogP contribution in [-0.2, 0) is 26.2 Å². The molecule has 0 bridgehead atoms. The summed E-state index contributed by atoms with van der Waals surface area (Å²) >= 11 is 6.40. The summed E-state index contributed by atoms with van der Waals surface area (Å²) in [7, 11) is -2.63. The quantitative estimate of drug-likeness (QED) is 0.229. The van der Waals surface area contributed by atoms with E-state index in [0.29, 0.717) is 35.0 Å². The van der Waals surface area contributed by atoms with Crippen LogP contribution >= 0.6 is 11.6 Å². The molecule has 0 aliphatic carbocycles. The van der Waals surface area contributed by atoms with Gasteiger partial charge >= 0.3 is 0 Å². The Morgan fingerprint density at radius 3 is 2.33 bits per heavy atom. The number of amides is 2. The Balaban J connectivity index is 2.09. The van der Waals surface area contributed by atoms with Crippen molar-refractivity contribution in [3.05, 3.63) is 88.4 Å². The van der Waals surface area contributed by atoms with Gasteiger partial charge < -0.3 is 15.0 Å². The topological polar surface area (TPSA) is 96.0 Å². The molecular weight excluding hydrogens is 574 g/mol. The Morgan fingerprint density at radius 2 is 1.69 bits per heavy atom. The number of halogens is 1. The number of carbonyl (C=O) groups is 2. The lowest BCUT2D eigenvalue weighted by atomic mass is 10.1. The van der Waals surface area contributed by atoms with Crippen molar-refractivity contribution in [3.8, 4) is 5.75 Å². The molecule has 3 rings (SSSR count). The highest BCUT2D eigenvalue weighted by molar-refractivity contribution is 7.92. The first-order valence-corrected chi connectivity index (χ1v) is 15.9. The number of methoxy groups -OCH3 is 1. The highest BCUT2D eigenvalue weighted by Crippen LogP contribution is 2.31. The van der Waals surface area contributed by atoms with Gasteiger partial charge in [-0.3, -0.25) is 13.9 Å². The molecule has 0 aliphatic heterocycles. The second-order valence-electron chi connectivity index (χ2n) is 10.2. The fourth-order valence-electron chi connectivity index (χ4n) is 4.61. The molecule has 0 aromatic heterocycles. The van der Waals surface area contributed by atoms with Gasteiger partial charge in [0, 0.05) is 18.1 Å². The Morgan fingerprint density at radius 1 is 1.00 bits per heavy atom. The number of sulfonamides is 1. The maximum absolute atomic E-state index is 14.2. The second-order valence-corrected chi connectivity index (χ2v) is 12.4. The molecule has 226 valence electrons. The van der Waals surface area contributed by atoms with Crippen LogP contribution in [0.2, 0.25) is 5.02 Å². The minimum atomic E-state index is -4.19. The Bertz CT molecular complexity index is 1480. The molecule has 3 aromatic rings. The molecule has 8 nitrogen and oxygen atoms in total. The van der Waals surface area contributed by atoms with Gasteiger partial charge in [-0.15, -0.1) is 0 Å². The van der Waals surface area contributed by atoms with E-state index in [1.807, 2.05) is 32.9 Å². The van der Waals surface area contributed by atoms with Crippen LogP contribution in [0.3, 0.4) is 0 Å². The number of aryl methyl sites for hydroxylation is 1. The number of hydrogen-bond acceptors (Lipinski definition) is 5. The largest absolute Gasteiger partial charge is 0.497 e. The highest BCUT2D eigenvalue weighted by atomic mass is 35.5. The molecule has 0 saturated carbocycles. The predicted molar refractivity (Wildman–Crippen MR) is 167 cm³/mol. The van der Waals surface area contributed by atoms with E-state index < -0.39 is 28.5 Å². The van der Waals surface area contributed by atoms with E-state index in [9.17, 15) is 18.0 Å². The van der Waals surface area contributed by atoms with Gasteiger partial charge in [0.2, 0.25) is 11.8 Å². The van der Waals surface area contributed by atoms with Crippen LogP contribution in [0.25, 0.3) is 0 Å². The van der Waals surface area contributed by atoms with Gasteiger partial charge in [0.25, 0.3) is 10.0 Å². The normalized spacial score (nSPS) is 12.0. The zero-order valence-corrected chi connectivity index (χ0v) is 26.5. The molecule has 0 radical (unpaired) electrons. The standard InChI is InChI=1S/C32H40ClN3O5S/c1-6-8-19-34-32(38)29(7-2)35(21-25-11-9-12-26(20-25)41-5)31(37)22-36(30-14-10-13-28(33)24(30)4)42(39,40)27-17-15-23(3)16-18-27/h9-18,20,29H,6-8,19,21-22H2,1-5H3,(H,34,38). The Labute approximate surface area is 254 Å². The number of nitrogens with one attached hydrogen (secondary N) is 1. The summed E-state index contributed by atoms with van der Waals surface area (Å²) < 4.78 is 34.6. The lowest BCUT2D eigenvalue weighted by Gasteiger charge is -2.33. The summed E-state index contributed by atoms with van der Waals surface area (Å²) in [5.74, 6) is -0.196. The summed E-state index contributed by atoms with van der Waals surface area (Å²) in [4.78, 5) is 29.1. The summed E-state index contributed by atoms with van der Waals surface area (Å²) in [6, 6.07) is 17.8. The average Bonchev–Trinajstić information content (AvgIpc) is 2.97. The zero-order chi connectivity index (χ0) is 30.9. The van der Waals surface area contributed by atoms with Crippen molar-refractivity contribution in [1.29, 1.82) is 0 Å². The smallest absolute Gasteiger partial charge is 0.264 e. The van der Waals surface area contributed by atoms with Gasteiger partial charge in [0.15, 0.2) is 0 Å². The van der Waals surface area contributed by atoms with E-state index in [-0.39, 0.29) is 17.3 Å². The maximum atomic E-state index is 14.2. The number of benzene rings is 3. The average molecular weight is 614 g/mol. The highest BCUT2D eigenvalue weighted by Gasteiger charge is 2.34. The lowest BCUT2D eigenvalue weighted by Crippen LogP contribution is -2.52. The fraction of sp³-hybridized carbons (Fsp3) is 0.375. The van der Waals surface area contributed by atoms with Crippen LogP contribution in [0.15, 0.2) is 71.6 Å². The van der Waals surface area contributed by atoms with E-state index in [1.165, 1.54) is 17.0 Å². The van der Waals surface area contributed by atoms with Crippen LogP contribution < -0.4 is 14.4 Å². The third-order valence-corrected chi connectivity index (χ3v) is 9.28. The molecule has 0 aliphatic rings. The van der Waals surface area contributed by atoms with Crippen molar-refractivity contribution in [2.45, 2.75) is 64.4 Å². The molecule has 10 heteroatoms. The summed E-state index contributed by atoms with van der Waals surface area (Å²) in [6.07, 6.45) is 2.06. The van der Waals surface area contributed by atoms with Gasteiger partial charge in [-0.2, -0.15) is 0 Å². The van der Waals surface area contributed by atoms with Crippen molar-refractivity contribution in [2.24, 2.45) is 0 Å². The zero-order valence-electron chi connectivity index (χ0n) is 24.9. The minimum Gasteiger partial charge on any atom is -0.497 e. The third-order valence-electron chi connectivity index (χ3n) is 7.10. The molecule has 0 heterocycles. The van der Waals surface area contributed by atoms with E-state index in [2.05, 4.69) is 5.32 Å². The van der Waals surface area contributed by atoms with Gasteiger partial charge in [-0.1, -0.05) is 67.8 Å². The number of rotatable bonds is 14. The number of nitrogens with zero attached hydrogens (tertiary/aromatic N) is 2. The van der Waals surface area contributed by atoms with E-state index in [1.54, 1.807) is 56.5 Å². The molecule has 3 aromatic carbocycles. The van der Waals surface area contributed by atoms with Crippen molar-refractivity contribution < 1.29 is 22.7 Å². The SMILES string of the molecule is CCCCNC(=O)C(CC)N(Cc1cccc(OC)c1)C(=O)CN(c1cccc(Cl)c1C)S(=O)(=O)c1ccc(C)cc1. The van der Waals surface area contributed by atoms with Gasteiger partial charge in [0.05, 0.1) is 17.7 Å². The Kier molecular flexibility index (Phi) is 11.8. The second kappa shape index (κ2) is 15.1. The van der Waals surface area contributed by atoms with Crippen molar-refractivity contribution >= 4 is 39.1 Å². The van der Waals surface area contributed by atoms with Crippen molar-refractivity contribution in [2.75, 3.05) is 24.5 Å². The lowest BCUT2D eigenvalue weighted by molar-refractivity contribution is -0.140. The molecule has 0 saturated heterocycles. The Hall–Kier alpha value is -3.56. The number of unbranched alkanes of at least 4 members (excludes halogenated alkanes) is 1. The van der Waals surface area contributed by atoms with Gasteiger partial charge in [-0.25, -0.2) is 8.42 Å². The van der Waals surface area contributed by atoms with Gasteiger partial charge in [-0.05, 0) is 74.2 Å². The van der Waals surface area contributed by atoms with Crippen LogP contribution in [0.4, 0.5) is 5.69 Å². The summed E-state index contributed by atoms with van der Waals surface area (Å²) in [5, 5.41) is 3.31. The van der Waals surface area contributed by atoms with Crippen molar-refractivity contribution in [3.63, 3.8) is 0 Å². The van der Waals surface area contributed by atoms with E-state index in [4.69, 9.17) is 16.3 Å². The van der Waals surface area contributed by atoms with Crippen LogP contribution in [0.5, 0.6) is 5.75 Å². The number of carbonyl (C=O) groups excluding carboxylic acids is 2. The molecule has 1 unspecified atom stereocenters. The molecule has 0 spiro atoms. The predicted octanol–water partition coefficient (Wildman–Crippen LogP) is 5.88. The monoisotopic (exact) mass is 613 g/mol. The minimum absolute atomic E-state index is 0.0453. The molecule has 1 atom stereocenters. The first kappa shape index (κ1) is 32.9. The molecule has 42 heavy (non-hydrogen) atoms. The van der Waals surface area contributed by atoms with E-state index in [0.717, 1.165) is 28.3 Å². The van der Waals surface area contributed by atoms with Crippen LogP contribution in [0, 0.1) is 13.8 Å². The molecular formula is C32H40ClN3O5S. The first-order chi connectivity index (χ1) is 20.0. The van der Waals surface area contributed by atoms with Crippen LogP contribution in [-0.4, -0.2) is 51.4 Å². The van der Waals surface area contributed by atoms with Crippen molar-refractivity contribution in [1.82, 2.24) is 10.2 Å². The summed E-state index contributed by atoms with van der Waals surface area (Å²) in [5.41, 5.74) is 2.46. The molecule has 0 fully saturated rings. The number of anilines is 1. The first-order valence-electron chi connectivity index (χ1n) is 14.1. The van der Waals surface area contributed by atoms with Gasteiger partial charge in [0.1, 0.15) is 18.3 Å². The number of ether oxygens (including phenoxy) is 1. The maximum Gasteiger partial charge on any atom is 0.264 e. The summed E-state index contributed by atoms with van der Waals surface area (Å²) in [6.45, 7) is 7.49. The van der Waals surface area contributed by atoms with Crippen LogP contribution in [0.1, 0.15) is 49.8 Å². The molecule has 2 amide bonds.